The van der Waals surface area contributed by atoms with Crippen LogP contribution in [0.5, 0.6) is 0 Å². The molecular weight excluding hydrogens is 173 g/mol. The smallest absolute Gasteiger partial charge is 0.241 e. The van der Waals surface area contributed by atoms with Crippen LogP contribution in [-0.4, -0.2) is 36.6 Å². The molecule has 1 rings (SSSR count). The molecule has 13 heavy (non-hydrogen) atoms. The molecule has 74 valence electrons. The number of likely N-dealkylation sites (tertiary alicyclic amines) is 1. The van der Waals surface area contributed by atoms with Crippen LogP contribution in [0.1, 0.15) is 6.42 Å². The van der Waals surface area contributed by atoms with Crippen LogP contribution in [0.15, 0.2) is 12.4 Å². The summed E-state index contributed by atoms with van der Waals surface area (Å²) >= 11 is 0. The lowest BCUT2D eigenvalue weighted by Gasteiger charge is -2.14. The lowest BCUT2D eigenvalue weighted by molar-refractivity contribution is -0.129. The van der Waals surface area contributed by atoms with E-state index in [2.05, 4.69) is 5.32 Å². The molecule has 1 aliphatic heterocycles. The van der Waals surface area contributed by atoms with Crippen LogP contribution in [0.3, 0.4) is 0 Å². The van der Waals surface area contributed by atoms with Gasteiger partial charge < -0.3 is 16.0 Å². The maximum absolute atomic E-state index is 12.7. The number of alkyl halides is 1. The van der Waals surface area contributed by atoms with Crippen molar-refractivity contribution in [3.8, 4) is 0 Å². The third-order valence-corrected chi connectivity index (χ3v) is 1.95. The summed E-state index contributed by atoms with van der Waals surface area (Å²) in [6, 6.07) is 0. The van der Waals surface area contributed by atoms with E-state index in [0.717, 1.165) is 0 Å². The van der Waals surface area contributed by atoms with Crippen molar-refractivity contribution in [2.24, 2.45) is 5.73 Å². The van der Waals surface area contributed by atoms with Crippen LogP contribution in [0.25, 0.3) is 0 Å². The molecule has 1 amide bonds. The highest BCUT2D eigenvalue weighted by molar-refractivity contribution is 5.78. The predicted octanol–water partition coefficient (Wildman–Crippen LogP) is -0.424. The van der Waals surface area contributed by atoms with E-state index in [-0.39, 0.29) is 19.0 Å². The van der Waals surface area contributed by atoms with Crippen molar-refractivity contribution in [3.63, 3.8) is 0 Å². The number of nitrogens with zero attached hydrogens (tertiary/aromatic N) is 1. The van der Waals surface area contributed by atoms with Gasteiger partial charge >= 0.3 is 0 Å². The normalized spacial score (nSPS) is 22.5. The van der Waals surface area contributed by atoms with Crippen molar-refractivity contribution in [2.45, 2.75) is 12.6 Å². The summed E-state index contributed by atoms with van der Waals surface area (Å²) in [4.78, 5) is 12.8. The molecule has 3 N–H and O–H groups in total. The molecule has 0 aromatic heterocycles. The first-order chi connectivity index (χ1) is 6.24. The minimum atomic E-state index is -0.853. The summed E-state index contributed by atoms with van der Waals surface area (Å²) in [7, 11) is 0. The molecule has 0 aliphatic carbocycles. The number of nitrogens with one attached hydrogen (secondary N) is 1. The molecule has 0 aromatic carbocycles. The number of amides is 1. The largest absolute Gasteiger partial charge is 0.403 e. The molecular formula is C8H14FN3O. The summed E-state index contributed by atoms with van der Waals surface area (Å²) in [5, 5.41) is 2.71. The van der Waals surface area contributed by atoms with E-state index < -0.39 is 6.17 Å². The summed E-state index contributed by atoms with van der Waals surface area (Å²) in [5.74, 6) is -0.0850. The van der Waals surface area contributed by atoms with Gasteiger partial charge in [-0.1, -0.05) is 0 Å². The van der Waals surface area contributed by atoms with Gasteiger partial charge in [0.15, 0.2) is 0 Å². The fourth-order valence-corrected chi connectivity index (χ4v) is 1.27. The maximum atomic E-state index is 12.7. The summed E-state index contributed by atoms with van der Waals surface area (Å²) in [5.41, 5.74) is 5.06. The van der Waals surface area contributed by atoms with E-state index in [1.165, 1.54) is 17.3 Å². The van der Waals surface area contributed by atoms with Crippen LogP contribution in [0.4, 0.5) is 4.39 Å². The van der Waals surface area contributed by atoms with E-state index in [0.29, 0.717) is 13.0 Å². The highest BCUT2D eigenvalue weighted by Crippen LogP contribution is 2.11. The molecule has 0 saturated carbocycles. The Morgan fingerprint density at radius 1 is 1.77 bits per heavy atom. The van der Waals surface area contributed by atoms with Gasteiger partial charge in [-0.3, -0.25) is 4.79 Å². The second kappa shape index (κ2) is 4.69. The molecule has 1 heterocycles. The molecule has 1 atom stereocenters. The van der Waals surface area contributed by atoms with E-state index in [1.807, 2.05) is 0 Å². The minimum absolute atomic E-state index is 0.0850. The number of carbonyl (C=O) groups is 1. The standard InChI is InChI=1S/C8H14FN3O/c9-7-1-4-12(6-7)8(13)5-11-3-2-10/h2-3,7,11H,1,4-6,10H2/b3-2-. The molecule has 0 radical (unpaired) electrons. The Morgan fingerprint density at radius 2 is 2.54 bits per heavy atom. The summed E-state index contributed by atoms with van der Waals surface area (Å²) in [6.45, 7) is 0.932. The van der Waals surface area contributed by atoms with Crippen molar-refractivity contribution in [1.29, 1.82) is 0 Å². The molecule has 4 nitrogen and oxygen atoms in total. The van der Waals surface area contributed by atoms with Crippen molar-refractivity contribution >= 4 is 5.91 Å². The van der Waals surface area contributed by atoms with Gasteiger partial charge in [-0.2, -0.15) is 0 Å². The Balaban J connectivity index is 2.23. The van der Waals surface area contributed by atoms with Crippen LogP contribution < -0.4 is 11.1 Å². The Kier molecular flexibility index (Phi) is 3.54. The first-order valence-electron chi connectivity index (χ1n) is 4.26. The molecule has 0 spiro atoms. The molecule has 1 saturated heterocycles. The zero-order valence-electron chi connectivity index (χ0n) is 7.37. The van der Waals surface area contributed by atoms with E-state index >= 15 is 0 Å². The monoisotopic (exact) mass is 187 g/mol. The summed E-state index contributed by atoms with van der Waals surface area (Å²) < 4.78 is 12.7. The van der Waals surface area contributed by atoms with Gasteiger partial charge in [0.05, 0.1) is 13.1 Å². The van der Waals surface area contributed by atoms with Crippen molar-refractivity contribution in [2.75, 3.05) is 19.6 Å². The van der Waals surface area contributed by atoms with Gasteiger partial charge in [0, 0.05) is 18.9 Å². The molecule has 1 aliphatic rings. The second-order valence-corrected chi connectivity index (χ2v) is 2.97. The first kappa shape index (κ1) is 9.83. The van der Waals surface area contributed by atoms with Crippen LogP contribution in [0, 0.1) is 0 Å². The second-order valence-electron chi connectivity index (χ2n) is 2.97. The predicted molar refractivity (Wildman–Crippen MR) is 47.4 cm³/mol. The molecule has 1 unspecified atom stereocenters. The van der Waals surface area contributed by atoms with Crippen molar-refractivity contribution in [3.05, 3.63) is 12.4 Å². The SMILES string of the molecule is N/C=C\NCC(=O)N1CCC(F)C1. The number of nitrogens with two attached hydrogens (primary N) is 1. The fraction of sp³-hybridized carbons (Fsp3) is 0.625. The number of halogens is 1. The number of rotatable bonds is 3. The quantitative estimate of drug-likeness (QED) is 0.630. The van der Waals surface area contributed by atoms with Gasteiger partial charge in [0.1, 0.15) is 6.17 Å². The number of carbonyl (C=O) groups excluding carboxylic acids is 1. The topological polar surface area (TPSA) is 58.4 Å². The van der Waals surface area contributed by atoms with Gasteiger partial charge in [-0.25, -0.2) is 4.39 Å². The Morgan fingerprint density at radius 3 is 3.08 bits per heavy atom. The third kappa shape index (κ3) is 2.93. The van der Waals surface area contributed by atoms with Crippen LogP contribution in [0.2, 0.25) is 0 Å². The highest BCUT2D eigenvalue weighted by atomic mass is 19.1. The number of hydrogen-bond donors (Lipinski definition) is 2. The zero-order valence-corrected chi connectivity index (χ0v) is 7.37. The van der Waals surface area contributed by atoms with Crippen LogP contribution in [-0.2, 0) is 4.79 Å². The molecule has 5 heteroatoms. The average Bonchev–Trinajstić information content (AvgIpc) is 2.52. The van der Waals surface area contributed by atoms with Crippen LogP contribution >= 0.6 is 0 Å². The molecule has 1 fully saturated rings. The van der Waals surface area contributed by atoms with Gasteiger partial charge in [-0.15, -0.1) is 0 Å². The van der Waals surface area contributed by atoms with Gasteiger partial charge in [-0.05, 0) is 6.42 Å². The Bertz CT molecular complexity index is 208. The molecule has 0 aromatic rings. The van der Waals surface area contributed by atoms with E-state index in [4.69, 9.17) is 5.73 Å². The third-order valence-electron chi connectivity index (χ3n) is 1.95. The lowest BCUT2D eigenvalue weighted by Crippen LogP contribution is -2.35. The Hall–Kier alpha value is -1.26. The van der Waals surface area contributed by atoms with E-state index in [1.54, 1.807) is 0 Å². The highest BCUT2D eigenvalue weighted by Gasteiger charge is 2.24. The minimum Gasteiger partial charge on any atom is -0.403 e. The average molecular weight is 187 g/mol. The first-order valence-corrected chi connectivity index (χ1v) is 4.26. The van der Waals surface area contributed by atoms with Gasteiger partial charge in [0.25, 0.3) is 0 Å². The van der Waals surface area contributed by atoms with Crippen molar-refractivity contribution < 1.29 is 9.18 Å². The lowest BCUT2D eigenvalue weighted by atomic mass is 10.3. The van der Waals surface area contributed by atoms with E-state index in [9.17, 15) is 9.18 Å². The Labute approximate surface area is 76.6 Å². The zero-order chi connectivity index (χ0) is 9.68. The van der Waals surface area contributed by atoms with Crippen molar-refractivity contribution in [1.82, 2.24) is 10.2 Å². The summed E-state index contributed by atoms with van der Waals surface area (Å²) in [6.07, 6.45) is 2.41. The van der Waals surface area contributed by atoms with Gasteiger partial charge in [0.2, 0.25) is 5.91 Å². The number of hydrogen-bond acceptors (Lipinski definition) is 3. The maximum Gasteiger partial charge on any atom is 0.241 e. The molecule has 0 bridgehead atoms. The fourth-order valence-electron chi connectivity index (χ4n) is 1.27.